The molecule has 0 bridgehead atoms. The minimum absolute atomic E-state index is 0.191. The molecule has 2 heterocycles. The van der Waals surface area contributed by atoms with E-state index in [1.807, 2.05) is 6.07 Å². The van der Waals surface area contributed by atoms with Crippen LogP contribution in [0, 0.1) is 0 Å². The number of sulfonamides is 1. The van der Waals surface area contributed by atoms with Crippen LogP contribution in [0.3, 0.4) is 0 Å². The molecule has 0 aromatic heterocycles. The second kappa shape index (κ2) is 5.11. The van der Waals surface area contributed by atoms with Gasteiger partial charge in [-0.15, -0.1) is 0 Å². The average molecular weight is 297 g/mol. The molecule has 0 radical (unpaired) electrons. The Labute approximate surface area is 119 Å². The maximum absolute atomic E-state index is 12.7. The molecule has 1 spiro atoms. The summed E-state index contributed by atoms with van der Waals surface area (Å²) >= 11 is 0. The average Bonchev–Trinajstić information content (AvgIpc) is 3.08. The van der Waals surface area contributed by atoms with Crippen LogP contribution in [-0.4, -0.2) is 51.2 Å². The van der Waals surface area contributed by atoms with Crippen LogP contribution in [0.1, 0.15) is 12.8 Å². The summed E-state index contributed by atoms with van der Waals surface area (Å²) in [5, 5.41) is 0. The Morgan fingerprint density at radius 2 is 2.10 bits per heavy atom. The van der Waals surface area contributed by atoms with Crippen molar-refractivity contribution < 1.29 is 17.9 Å². The Balaban J connectivity index is 1.89. The van der Waals surface area contributed by atoms with E-state index in [4.69, 9.17) is 9.47 Å². The normalized spacial score (nSPS) is 31.1. The molecule has 2 fully saturated rings. The minimum atomic E-state index is -3.47. The highest BCUT2D eigenvalue weighted by Crippen LogP contribution is 2.38. The van der Waals surface area contributed by atoms with Crippen LogP contribution >= 0.6 is 0 Å². The first-order valence-corrected chi connectivity index (χ1v) is 8.24. The van der Waals surface area contributed by atoms with Crippen molar-refractivity contribution in [1.29, 1.82) is 0 Å². The number of hydrogen-bond donors (Lipinski definition) is 0. The van der Waals surface area contributed by atoms with Crippen molar-refractivity contribution in [2.24, 2.45) is 0 Å². The van der Waals surface area contributed by atoms with Gasteiger partial charge in [0.25, 0.3) is 0 Å². The molecule has 110 valence electrons. The largest absolute Gasteiger partial charge is 0.377 e. The van der Waals surface area contributed by atoms with Gasteiger partial charge in [0.1, 0.15) is 11.7 Å². The number of hydrogen-bond acceptors (Lipinski definition) is 4. The summed E-state index contributed by atoms with van der Waals surface area (Å²) in [7, 11) is -1.85. The van der Waals surface area contributed by atoms with Crippen molar-refractivity contribution in [3.8, 4) is 0 Å². The van der Waals surface area contributed by atoms with Crippen molar-refractivity contribution in [2.45, 2.75) is 29.4 Å². The molecule has 2 saturated heterocycles. The summed E-state index contributed by atoms with van der Waals surface area (Å²) in [4.78, 5) is 0.324. The first kappa shape index (κ1) is 14.0. The van der Waals surface area contributed by atoms with E-state index in [0.29, 0.717) is 24.6 Å². The summed E-state index contributed by atoms with van der Waals surface area (Å²) in [6.45, 7) is 1.41. The fraction of sp³-hybridized carbons (Fsp3) is 0.571. The lowest BCUT2D eigenvalue weighted by Crippen LogP contribution is -2.42. The Morgan fingerprint density at radius 1 is 1.35 bits per heavy atom. The molecule has 0 unspecified atom stereocenters. The van der Waals surface area contributed by atoms with E-state index in [9.17, 15) is 8.42 Å². The second-order valence-electron chi connectivity index (χ2n) is 5.35. The fourth-order valence-electron chi connectivity index (χ4n) is 3.13. The molecule has 1 aromatic rings. The molecule has 0 aliphatic carbocycles. The first-order valence-electron chi connectivity index (χ1n) is 6.80. The SMILES string of the molecule is CO[C@H]1CN(S(=O)(=O)c2ccccc2)C[C@@]12CCCO2. The van der Waals surface area contributed by atoms with E-state index in [0.717, 1.165) is 12.8 Å². The van der Waals surface area contributed by atoms with Gasteiger partial charge in [0.15, 0.2) is 0 Å². The topological polar surface area (TPSA) is 55.8 Å². The van der Waals surface area contributed by atoms with Gasteiger partial charge in [0, 0.05) is 26.8 Å². The van der Waals surface area contributed by atoms with Crippen molar-refractivity contribution in [2.75, 3.05) is 26.8 Å². The Kier molecular flexibility index (Phi) is 3.58. The molecule has 1 aromatic carbocycles. The first-order chi connectivity index (χ1) is 9.58. The number of ether oxygens (including phenoxy) is 2. The highest BCUT2D eigenvalue weighted by molar-refractivity contribution is 7.89. The lowest BCUT2D eigenvalue weighted by Gasteiger charge is -2.27. The van der Waals surface area contributed by atoms with Crippen LogP contribution in [0.15, 0.2) is 35.2 Å². The third-order valence-electron chi connectivity index (χ3n) is 4.20. The van der Waals surface area contributed by atoms with Gasteiger partial charge >= 0.3 is 0 Å². The predicted octanol–water partition coefficient (Wildman–Crippen LogP) is 1.26. The zero-order valence-corrected chi connectivity index (χ0v) is 12.3. The van der Waals surface area contributed by atoms with Crippen LogP contribution in [0.2, 0.25) is 0 Å². The van der Waals surface area contributed by atoms with Gasteiger partial charge in [0.2, 0.25) is 10.0 Å². The molecule has 20 heavy (non-hydrogen) atoms. The molecule has 2 atom stereocenters. The van der Waals surface area contributed by atoms with Crippen LogP contribution in [-0.2, 0) is 19.5 Å². The van der Waals surface area contributed by atoms with Crippen LogP contribution in [0.4, 0.5) is 0 Å². The van der Waals surface area contributed by atoms with E-state index in [1.54, 1.807) is 31.4 Å². The summed E-state index contributed by atoms with van der Waals surface area (Å²) < 4.78 is 38.1. The summed E-state index contributed by atoms with van der Waals surface area (Å²) in [6.07, 6.45) is 1.62. The van der Waals surface area contributed by atoms with Gasteiger partial charge in [-0.3, -0.25) is 0 Å². The highest BCUT2D eigenvalue weighted by atomic mass is 32.2. The monoisotopic (exact) mass is 297 g/mol. The molecule has 2 aliphatic rings. The van der Waals surface area contributed by atoms with Gasteiger partial charge < -0.3 is 9.47 Å². The Hall–Kier alpha value is -0.950. The van der Waals surface area contributed by atoms with Crippen molar-refractivity contribution in [3.63, 3.8) is 0 Å². The lowest BCUT2D eigenvalue weighted by molar-refractivity contribution is -0.0753. The smallest absolute Gasteiger partial charge is 0.243 e. The Bertz CT molecular complexity index is 566. The molecule has 0 saturated carbocycles. The van der Waals surface area contributed by atoms with E-state index in [2.05, 4.69) is 0 Å². The summed E-state index contributed by atoms with van der Waals surface area (Å²) in [6, 6.07) is 8.52. The van der Waals surface area contributed by atoms with Crippen molar-refractivity contribution in [3.05, 3.63) is 30.3 Å². The molecule has 5 nitrogen and oxygen atoms in total. The van der Waals surface area contributed by atoms with Crippen LogP contribution in [0.5, 0.6) is 0 Å². The fourth-order valence-corrected chi connectivity index (χ4v) is 4.65. The molecule has 6 heteroatoms. The van der Waals surface area contributed by atoms with Crippen molar-refractivity contribution in [1.82, 2.24) is 4.31 Å². The standard InChI is InChI=1S/C14H19NO4S/c1-18-13-10-15(11-14(13)8-5-9-19-14)20(16,17)12-6-3-2-4-7-12/h2-4,6-7,13H,5,8-11H2,1H3/t13-,14-/m0/s1. The Morgan fingerprint density at radius 3 is 2.70 bits per heavy atom. The molecular formula is C14H19NO4S. The maximum Gasteiger partial charge on any atom is 0.243 e. The number of methoxy groups -OCH3 is 1. The van der Waals surface area contributed by atoms with E-state index in [-0.39, 0.29) is 6.10 Å². The van der Waals surface area contributed by atoms with Gasteiger partial charge in [0.05, 0.1) is 4.90 Å². The van der Waals surface area contributed by atoms with E-state index >= 15 is 0 Å². The molecule has 0 N–H and O–H groups in total. The third kappa shape index (κ3) is 2.16. The third-order valence-corrected chi connectivity index (χ3v) is 6.03. The van der Waals surface area contributed by atoms with Gasteiger partial charge in [-0.05, 0) is 25.0 Å². The van der Waals surface area contributed by atoms with E-state index < -0.39 is 15.6 Å². The number of benzene rings is 1. The van der Waals surface area contributed by atoms with Gasteiger partial charge in [-0.1, -0.05) is 18.2 Å². The zero-order chi connectivity index (χ0) is 14.2. The molecule has 3 rings (SSSR count). The summed E-state index contributed by atoms with van der Waals surface area (Å²) in [5.74, 6) is 0. The molecule has 2 aliphatic heterocycles. The maximum atomic E-state index is 12.7. The molecular weight excluding hydrogens is 278 g/mol. The second-order valence-corrected chi connectivity index (χ2v) is 7.29. The quantitative estimate of drug-likeness (QED) is 0.843. The van der Waals surface area contributed by atoms with Gasteiger partial charge in [-0.2, -0.15) is 4.31 Å². The minimum Gasteiger partial charge on any atom is -0.377 e. The zero-order valence-electron chi connectivity index (χ0n) is 11.5. The lowest BCUT2D eigenvalue weighted by atomic mass is 9.97. The number of rotatable bonds is 3. The molecule has 0 amide bonds. The summed E-state index contributed by atoms with van der Waals surface area (Å²) in [5.41, 5.74) is -0.462. The van der Waals surface area contributed by atoms with Crippen LogP contribution in [0.25, 0.3) is 0 Å². The van der Waals surface area contributed by atoms with Crippen molar-refractivity contribution >= 4 is 10.0 Å². The predicted molar refractivity (Wildman–Crippen MR) is 73.9 cm³/mol. The van der Waals surface area contributed by atoms with E-state index in [1.165, 1.54) is 4.31 Å². The van der Waals surface area contributed by atoms with Crippen LogP contribution < -0.4 is 0 Å². The highest BCUT2D eigenvalue weighted by Gasteiger charge is 2.53. The van der Waals surface area contributed by atoms with Gasteiger partial charge in [-0.25, -0.2) is 8.42 Å². The number of nitrogens with zero attached hydrogens (tertiary/aromatic N) is 1.